The summed E-state index contributed by atoms with van der Waals surface area (Å²) < 4.78 is 6.44. The van der Waals surface area contributed by atoms with E-state index < -0.39 is 0 Å². The van der Waals surface area contributed by atoms with Crippen LogP contribution in [0, 0.1) is 5.41 Å². The zero-order chi connectivity index (χ0) is 15.5. The zero-order valence-corrected chi connectivity index (χ0v) is 14.6. The number of hydrogen-bond acceptors (Lipinski definition) is 2. The summed E-state index contributed by atoms with van der Waals surface area (Å²) in [5, 5.41) is 0. The van der Waals surface area contributed by atoms with Gasteiger partial charge in [-0.15, -0.1) is 0 Å². The number of pyridine rings is 1. The average Bonchev–Trinajstić information content (AvgIpc) is 3.06. The molecule has 1 saturated carbocycles. The summed E-state index contributed by atoms with van der Waals surface area (Å²) in [5.41, 5.74) is 7.76. The maximum atomic E-state index is 6.44. The smallest absolute Gasteiger partial charge is 0.0943 e. The first-order valence-electron chi connectivity index (χ1n) is 9.11. The molecule has 1 fully saturated rings. The van der Waals surface area contributed by atoms with Gasteiger partial charge >= 0.3 is 0 Å². The molecule has 0 amide bonds. The van der Waals surface area contributed by atoms with Crippen molar-refractivity contribution in [1.82, 2.24) is 4.98 Å². The molecule has 2 nitrogen and oxygen atoms in total. The van der Waals surface area contributed by atoms with Crippen LogP contribution in [-0.4, -0.2) is 4.98 Å². The Morgan fingerprint density at radius 3 is 2.45 bits per heavy atom. The van der Waals surface area contributed by atoms with Crippen molar-refractivity contribution in [3.05, 3.63) is 28.1 Å². The second kappa shape index (κ2) is 4.80. The van der Waals surface area contributed by atoms with Crippen LogP contribution in [0.3, 0.4) is 0 Å². The third kappa shape index (κ3) is 2.06. The molecule has 0 saturated heterocycles. The lowest BCUT2D eigenvalue weighted by molar-refractivity contribution is -0.0332. The van der Waals surface area contributed by atoms with Crippen molar-refractivity contribution in [2.24, 2.45) is 5.41 Å². The number of ether oxygens (including phenoxy) is 1. The number of aromatic nitrogens is 1. The first-order chi connectivity index (χ1) is 10.4. The highest BCUT2D eigenvalue weighted by Crippen LogP contribution is 2.52. The molecule has 0 aromatic carbocycles. The van der Waals surface area contributed by atoms with Gasteiger partial charge in [-0.05, 0) is 54.6 Å². The summed E-state index contributed by atoms with van der Waals surface area (Å²) in [4.78, 5) is 5.15. The summed E-state index contributed by atoms with van der Waals surface area (Å²) >= 11 is 0. The van der Waals surface area contributed by atoms with Gasteiger partial charge in [0.25, 0.3) is 0 Å². The molecule has 1 aromatic heterocycles. The van der Waals surface area contributed by atoms with E-state index in [1.807, 2.05) is 0 Å². The molecule has 2 aliphatic carbocycles. The molecule has 2 heterocycles. The maximum absolute atomic E-state index is 6.44. The first kappa shape index (κ1) is 14.7. The highest BCUT2D eigenvalue weighted by atomic mass is 16.5. The topological polar surface area (TPSA) is 22.1 Å². The minimum Gasteiger partial charge on any atom is -0.366 e. The Hall–Kier alpha value is -0.890. The van der Waals surface area contributed by atoms with E-state index in [0.717, 1.165) is 13.0 Å². The van der Waals surface area contributed by atoms with E-state index in [1.165, 1.54) is 55.5 Å². The van der Waals surface area contributed by atoms with Gasteiger partial charge in [-0.2, -0.15) is 0 Å². The Bertz CT molecular complexity index is 609. The Kier molecular flexibility index (Phi) is 3.21. The van der Waals surface area contributed by atoms with Gasteiger partial charge in [0.15, 0.2) is 0 Å². The second-order valence-electron chi connectivity index (χ2n) is 8.76. The number of fused-ring (bicyclic) bond motifs is 4. The molecule has 1 aliphatic heterocycles. The highest BCUT2D eigenvalue weighted by Gasteiger charge is 2.47. The lowest BCUT2D eigenvalue weighted by atomic mass is 9.72. The Morgan fingerprint density at radius 1 is 1.05 bits per heavy atom. The van der Waals surface area contributed by atoms with Gasteiger partial charge in [-0.25, -0.2) is 0 Å². The van der Waals surface area contributed by atoms with Crippen molar-refractivity contribution in [2.75, 3.05) is 0 Å². The second-order valence-corrected chi connectivity index (χ2v) is 8.76. The van der Waals surface area contributed by atoms with Gasteiger partial charge in [0, 0.05) is 17.0 Å². The van der Waals surface area contributed by atoms with E-state index in [-0.39, 0.29) is 5.60 Å². The fourth-order valence-electron chi connectivity index (χ4n) is 4.95. The third-order valence-corrected chi connectivity index (χ3v) is 6.12. The van der Waals surface area contributed by atoms with E-state index in [9.17, 15) is 0 Å². The monoisotopic (exact) mass is 299 g/mol. The van der Waals surface area contributed by atoms with Crippen molar-refractivity contribution in [3.8, 4) is 0 Å². The van der Waals surface area contributed by atoms with Crippen LogP contribution in [0.4, 0.5) is 0 Å². The van der Waals surface area contributed by atoms with Crippen molar-refractivity contribution in [3.63, 3.8) is 0 Å². The van der Waals surface area contributed by atoms with Crippen molar-refractivity contribution in [2.45, 2.75) is 90.8 Å². The van der Waals surface area contributed by atoms with Crippen molar-refractivity contribution in [1.29, 1.82) is 0 Å². The minimum atomic E-state index is 0.0491. The third-order valence-electron chi connectivity index (χ3n) is 6.12. The van der Waals surface area contributed by atoms with Gasteiger partial charge < -0.3 is 4.74 Å². The quantitative estimate of drug-likeness (QED) is 0.726. The lowest BCUT2D eigenvalue weighted by Crippen LogP contribution is -2.29. The van der Waals surface area contributed by atoms with E-state index in [1.54, 1.807) is 11.1 Å². The van der Waals surface area contributed by atoms with Gasteiger partial charge in [-0.3, -0.25) is 4.98 Å². The number of nitrogens with zero attached hydrogens (tertiary/aromatic N) is 1. The summed E-state index contributed by atoms with van der Waals surface area (Å²) in [6, 6.07) is 0. The van der Waals surface area contributed by atoms with Gasteiger partial charge in [0.1, 0.15) is 0 Å². The molecule has 3 aliphatic rings. The van der Waals surface area contributed by atoms with Crippen LogP contribution in [0.1, 0.15) is 93.8 Å². The fourth-order valence-corrected chi connectivity index (χ4v) is 4.95. The summed E-state index contributed by atoms with van der Waals surface area (Å²) in [7, 11) is 0. The highest BCUT2D eigenvalue weighted by molar-refractivity contribution is 5.49. The molecule has 1 spiro atoms. The van der Waals surface area contributed by atoms with E-state index in [2.05, 4.69) is 27.7 Å². The van der Waals surface area contributed by atoms with Gasteiger partial charge in [0.2, 0.25) is 0 Å². The van der Waals surface area contributed by atoms with Crippen LogP contribution < -0.4 is 0 Å². The van der Waals surface area contributed by atoms with Crippen LogP contribution in [-0.2, 0) is 29.8 Å². The molecule has 0 bridgehead atoms. The number of hydrogen-bond donors (Lipinski definition) is 0. The molecular weight excluding hydrogens is 270 g/mol. The molecule has 2 heteroatoms. The van der Waals surface area contributed by atoms with Gasteiger partial charge in [-0.1, -0.05) is 40.5 Å². The molecule has 120 valence electrons. The summed E-state index contributed by atoms with van der Waals surface area (Å²) in [6.07, 6.45) is 8.69. The Morgan fingerprint density at radius 2 is 1.77 bits per heavy atom. The first-order valence-corrected chi connectivity index (χ1v) is 9.11. The standard InChI is InChI=1S/C20H29NO/c1-13(2)18-15-12-22-20(8-5-6-9-20)17(15)14-7-10-19(3,4)11-16(14)21-18/h13H,5-12H2,1-4H3. The van der Waals surface area contributed by atoms with E-state index in [0.29, 0.717) is 11.3 Å². The fraction of sp³-hybridized carbons (Fsp3) is 0.750. The Labute approximate surface area is 134 Å². The zero-order valence-electron chi connectivity index (χ0n) is 14.6. The normalized spacial score (nSPS) is 24.8. The average molecular weight is 299 g/mol. The molecule has 0 atom stereocenters. The van der Waals surface area contributed by atoms with Gasteiger partial charge in [0.05, 0.1) is 12.2 Å². The van der Waals surface area contributed by atoms with Crippen LogP contribution in [0.15, 0.2) is 0 Å². The van der Waals surface area contributed by atoms with Crippen LogP contribution in [0.2, 0.25) is 0 Å². The predicted octanol–water partition coefficient (Wildman–Crippen LogP) is 5.02. The molecule has 0 N–H and O–H groups in total. The predicted molar refractivity (Wildman–Crippen MR) is 89.1 cm³/mol. The largest absolute Gasteiger partial charge is 0.366 e. The summed E-state index contributed by atoms with van der Waals surface area (Å²) in [5.74, 6) is 0.490. The number of rotatable bonds is 1. The molecule has 4 rings (SSSR count). The van der Waals surface area contributed by atoms with Crippen LogP contribution in [0.25, 0.3) is 0 Å². The van der Waals surface area contributed by atoms with Crippen LogP contribution >= 0.6 is 0 Å². The SMILES string of the molecule is CC(C)c1nc2c(c3c1COC31CCCC1)CCC(C)(C)C2. The minimum absolute atomic E-state index is 0.0491. The molecular formula is C20H29NO. The molecule has 0 unspecified atom stereocenters. The van der Waals surface area contributed by atoms with E-state index >= 15 is 0 Å². The van der Waals surface area contributed by atoms with Crippen molar-refractivity contribution >= 4 is 0 Å². The lowest BCUT2D eigenvalue weighted by Gasteiger charge is -2.35. The molecule has 1 aromatic rings. The van der Waals surface area contributed by atoms with E-state index in [4.69, 9.17) is 9.72 Å². The molecule has 0 radical (unpaired) electrons. The maximum Gasteiger partial charge on any atom is 0.0943 e. The van der Waals surface area contributed by atoms with Crippen LogP contribution in [0.5, 0.6) is 0 Å². The summed E-state index contributed by atoms with van der Waals surface area (Å²) in [6.45, 7) is 10.1. The Balaban J connectivity index is 1.93. The molecule has 22 heavy (non-hydrogen) atoms. The van der Waals surface area contributed by atoms with Crippen molar-refractivity contribution < 1.29 is 4.74 Å².